The van der Waals surface area contributed by atoms with Crippen molar-refractivity contribution in [1.82, 2.24) is 0 Å². The van der Waals surface area contributed by atoms with E-state index < -0.39 is 11.6 Å². The Morgan fingerprint density at radius 2 is 1.81 bits per heavy atom. The van der Waals surface area contributed by atoms with Crippen LogP contribution in [0.15, 0.2) is 57.7 Å². The van der Waals surface area contributed by atoms with Crippen LogP contribution in [0.4, 0.5) is 5.69 Å². The van der Waals surface area contributed by atoms with Gasteiger partial charge in [0.1, 0.15) is 17.9 Å². The first-order chi connectivity index (χ1) is 12.5. The molecule has 0 N–H and O–H groups in total. The standard InChI is InChI=1S/C20H19NO5/c1-21(2)15-6-4-13(5-7-15)20(23)25-12-14-10-19(22)26-18-11-16(24-3)8-9-17(14)18/h4-11H,12H2,1-3H3. The van der Waals surface area contributed by atoms with Crippen molar-refractivity contribution in [2.24, 2.45) is 0 Å². The van der Waals surface area contributed by atoms with Gasteiger partial charge in [-0.1, -0.05) is 0 Å². The fraction of sp³-hybridized carbons (Fsp3) is 0.200. The van der Waals surface area contributed by atoms with Gasteiger partial charge in [-0.2, -0.15) is 0 Å². The van der Waals surface area contributed by atoms with Crippen molar-refractivity contribution < 1.29 is 18.7 Å². The fourth-order valence-electron chi connectivity index (χ4n) is 2.58. The van der Waals surface area contributed by atoms with Gasteiger partial charge in [-0.25, -0.2) is 9.59 Å². The van der Waals surface area contributed by atoms with Crippen molar-refractivity contribution in [2.45, 2.75) is 6.61 Å². The van der Waals surface area contributed by atoms with E-state index in [0.717, 1.165) is 5.69 Å². The second-order valence-corrected chi connectivity index (χ2v) is 5.97. The summed E-state index contributed by atoms with van der Waals surface area (Å²) in [6.07, 6.45) is 0. The molecule has 3 aromatic rings. The number of carbonyl (C=O) groups excluding carboxylic acids is 1. The van der Waals surface area contributed by atoms with Crippen molar-refractivity contribution >= 4 is 22.6 Å². The summed E-state index contributed by atoms with van der Waals surface area (Å²) in [6, 6.07) is 13.6. The summed E-state index contributed by atoms with van der Waals surface area (Å²) in [5.74, 6) is 0.126. The molecule has 6 nitrogen and oxygen atoms in total. The Hall–Kier alpha value is -3.28. The third-order valence-corrected chi connectivity index (χ3v) is 4.02. The third kappa shape index (κ3) is 3.69. The number of ether oxygens (including phenoxy) is 2. The van der Waals surface area contributed by atoms with E-state index in [0.29, 0.717) is 27.8 Å². The molecule has 0 aliphatic rings. The summed E-state index contributed by atoms with van der Waals surface area (Å²) in [5, 5.41) is 0.696. The number of hydrogen-bond acceptors (Lipinski definition) is 6. The summed E-state index contributed by atoms with van der Waals surface area (Å²) in [4.78, 5) is 26.0. The molecule has 26 heavy (non-hydrogen) atoms. The van der Waals surface area contributed by atoms with Crippen LogP contribution in [0.2, 0.25) is 0 Å². The van der Waals surface area contributed by atoms with Crippen LogP contribution in [0.1, 0.15) is 15.9 Å². The van der Waals surface area contributed by atoms with E-state index in [-0.39, 0.29) is 6.61 Å². The number of carbonyl (C=O) groups is 1. The van der Waals surface area contributed by atoms with E-state index in [1.807, 2.05) is 31.1 Å². The molecular weight excluding hydrogens is 334 g/mol. The van der Waals surface area contributed by atoms with Gasteiger partial charge in [0.2, 0.25) is 0 Å². The van der Waals surface area contributed by atoms with Gasteiger partial charge in [0, 0.05) is 42.9 Å². The maximum atomic E-state index is 12.3. The van der Waals surface area contributed by atoms with Gasteiger partial charge in [0.15, 0.2) is 0 Å². The highest BCUT2D eigenvalue weighted by Gasteiger charge is 2.11. The molecule has 3 rings (SSSR count). The Bertz CT molecular complexity index is 989. The zero-order valence-corrected chi connectivity index (χ0v) is 14.8. The second-order valence-electron chi connectivity index (χ2n) is 5.97. The van der Waals surface area contributed by atoms with Crippen molar-refractivity contribution in [2.75, 3.05) is 26.1 Å². The highest BCUT2D eigenvalue weighted by atomic mass is 16.5. The third-order valence-electron chi connectivity index (χ3n) is 4.02. The number of methoxy groups -OCH3 is 1. The van der Waals surface area contributed by atoms with E-state index in [2.05, 4.69) is 0 Å². The van der Waals surface area contributed by atoms with Crippen LogP contribution in [-0.4, -0.2) is 27.2 Å². The maximum Gasteiger partial charge on any atom is 0.338 e. The van der Waals surface area contributed by atoms with Gasteiger partial charge in [-0.05, 0) is 36.4 Å². The molecule has 0 aliphatic carbocycles. The molecule has 2 aromatic carbocycles. The van der Waals surface area contributed by atoms with Gasteiger partial charge in [-0.15, -0.1) is 0 Å². The normalized spacial score (nSPS) is 10.6. The molecular formula is C20H19NO5. The molecule has 0 fully saturated rings. The number of benzene rings is 2. The van der Waals surface area contributed by atoms with E-state index in [4.69, 9.17) is 13.9 Å². The Balaban J connectivity index is 1.80. The first-order valence-electron chi connectivity index (χ1n) is 8.03. The van der Waals surface area contributed by atoms with E-state index >= 15 is 0 Å². The Morgan fingerprint density at radius 1 is 1.08 bits per heavy atom. The minimum atomic E-state index is -0.507. The number of esters is 1. The Morgan fingerprint density at radius 3 is 2.46 bits per heavy atom. The maximum absolute atomic E-state index is 12.3. The number of hydrogen-bond donors (Lipinski definition) is 0. The summed E-state index contributed by atoms with van der Waals surface area (Å²) in [7, 11) is 5.38. The van der Waals surface area contributed by atoms with Crippen LogP contribution >= 0.6 is 0 Å². The molecule has 0 saturated heterocycles. The van der Waals surface area contributed by atoms with Crippen LogP contribution in [0.25, 0.3) is 11.0 Å². The van der Waals surface area contributed by atoms with Crippen molar-refractivity contribution in [3.63, 3.8) is 0 Å². The highest BCUT2D eigenvalue weighted by molar-refractivity contribution is 5.90. The Labute approximate surface area is 150 Å². The predicted molar refractivity (Wildman–Crippen MR) is 98.9 cm³/mol. The van der Waals surface area contributed by atoms with Gasteiger partial charge in [0.05, 0.1) is 12.7 Å². The lowest BCUT2D eigenvalue weighted by atomic mass is 10.1. The average molecular weight is 353 g/mol. The molecule has 0 atom stereocenters. The summed E-state index contributed by atoms with van der Waals surface area (Å²) < 4.78 is 15.7. The minimum absolute atomic E-state index is 0.0251. The zero-order chi connectivity index (χ0) is 18.7. The number of rotatable bonds is 5. The van der Waals surface area contributed by atoms with E-state index in [9.17, 15) is 9.59 Å². The lowest BCUT2D eigenvalue weighted by molar-refractivity contribution is 0.0474. The smallest absolute Gasteiger partial charge is 0.338 e. The molecule has 0 aliphatic heterocycles. The quantitative estimate of drug-likeness (QED) is 0.518. The van der Waals surface area contributed by atoms with Gasteiger partial charge >= 0.3 is 11.6 Å². The summed E-state index contributed by atoms with van der Waals surface area (Å²) >= 11 is 0. The van der Waals surface area contributed by atoms with Crippen LogP contribution in [0.3, 0.4) is 0 Å². The molecule has 6 heteroatoms. The highest BCUT2D eigenvalue weighted by Crippen LogP contribution is 2.23. The van der Waals surface area contributed by atoms with E-state index in [1.165, 1.54) is 13.2 Å². The second kappa shape index (κ2) is 7.31. The number of anilines is 1. The molecule has 1 aromatic heterocycles. The summed E-state index contributed by atoms with van der Waals surface area (Å²) in [6.45, 7) is -0.0251. The van der Waals surface area contributed by atoms with Gasteiger partial charge in [-0.3, -0.25) is 0 Å². The summed E-state index contributed by atoms with van der Waals surface area (Å²) in [5.41, 5.74) is 1.90. The SMILES string of the molecule is COc1ccc2c(COC(=O)c3ccc(N(C)C)cc3)cc(=O)oc2c1. The predicted octanol–water partition coefficient (Wildman–Crippen LogP) is 3.22. The van der Waals surface area contributed by atoms with Crippen LogP contribution < -0.4 is 15.3 Å². The Kier molecular flexibility index (Phi) is 4.93. The average Bonchev–Trinajstić information content (AvgIpc) is 2.65. The van der Waals surface area contributed by atoms with Crippen molar-refractivity contribution in [3.8, 4) is 5.75 Å². The zero-order valence-electron chi connectivity index (χ0n) is 14.8. The lowest BCUT2D eigenvalue weighted by Crippen LogP contribution is -2.10. The largest absolute Gasteiger partial charge is 0.497 e. The van der Waals surface area contributed by atoms with Crippen molar-refractivity contribution in [1.29, 1.82) is 0 Å². The number of nitrogens with zero attached hydrogens (tertiary/aromatic N) is 1. The van der Waals surface area contributed by atoms with Gasteiger partial charge < -0.3 is 18.8 Å². The topological polar surface area (TPSA) is 69.0 Å². The molecule has 0 amide bonds. The minimum Gasteiger partial charge on any atom is -0.497 e. The van der Waals surface area contributed by atoms with Gasteiger partial charge in [0.25, 0.3) is 0 Å². The molecule has 0 spiro atoms. The molecule has 1 heterocycles. The van der Waals surface area contributed by atoms with Crippen LogP contribution in [0, 0.1) is 0 Å². The molecule has 0 radical (unpaired) electrons. The number of fused-ring (bicyclic) bond motifs is 1. The monoisotopic (exact) mass is 353 g/mol. The van der Waals surface area contributed by atoms with Crippen LogP contribution in [0.5, 0.6) is 5.75 Å². The van der Waals surface area contributed by atoms with Crippen molar-refractivity contribution in [3.05, 3.63) is 70.1 Å². The van der Waals surface area contributed by atoms with Crippen LogP contribution in [-0.2, 0) is 11.3 Å². The molecule has 0 unspecified atom stereocenters. The molecule has 0 saturated carbocycles. The fourth-order valence-corrected chi connectivity index (χ4v) is 2.58. The lowest BCUT2D eigenvalue weighted by Gasteiger charge is -2.12. The first kappa shape index (κ1) is 17.5. The van der Waals surface area contributed by atoms with E-state index in [1.54, 1.807) is 30.3 Å². The molecule has 0 bridgehead atoms. The first-order valence-corrected chi connectivity index (χ1v) is 8.03. The molecule has 134 valence electrons.